The van der Waals surface area contributed by atoms with E-state index in [1.165, 1.54) is 6.07 Å². The number of carbonyl (C=O) groups is 2. The fourth-order valence-electron chi connectivity index (χ4n) is 2.43. The van der Waals surface area contributed by atoms with Crippen LogP contribution in [0.2, 0.25) is 0 Å². The standard InChI is InChI=1S/C14H16FNO3/c15-12-4-2-1-3-9(12)8-13(17)16-11-6-5-10(7-11)14(18)19/h1-4,10-11H,5-8H2,(H,16,17)(H,18,19)/t10-,11+/m1/s1. The Kier molecular flexibility index (Phi) is 4.14. The molecule has 0 bridgehead atoms. The molecule has 0 aliphatic heterocycles. The summed E-state index contributed by atoms with van der Waals surface area (Å²) in [6, 6.07) is 6.04. The predicted molar refractivity (Wildman–Crippen MR) is 67.0 cm³/mol. The first kappa shape index (κ1) is 13.5. The topological polar surface area (TPSA) is 66.4 Å². The first-order chi connectivity index (χ1) is 9.06. The van der Waals surface area contributed by atoms with Crippen LogP contribution in [0, 0.1) is 11.7 Å². The minimum Gasteiger partial charge on any atom is -0.481 e. The number of hydrogen-bond acceptors (Lipinski definition) is 2. The third kappa shape index (κ3) is 3.53. The van der Waals surface area contributed by atoms with Gasteiger partial charge in [-0.2, -0.15) is 0 Å². The Labute approximate surface area is 110 Å². The van der Waals surface area contributed by atoms with E-state index in [-0.39, 0.29) is 24.3 Å². The molecule has 1 aromatic carbocycles. The molecule has 19 heavy (non-hydrogen) atoms. The van der Waals surface area contributed by atoms with Gasteiger partial charge in [-0.1, -0.05) is 18.2 Å². The van der Waals surface area contributed by atoms with Crippen molar-refractivity contribution in [3.8, 4) is 0 Å². The summed E-state index contributed by atoms with van der Waals surface area (Å²) in [6.45, 7) is 0. The van der Waals surface area contributed by atoms with Crippen LogP contribution in [0.5, 0.6) is 0 Å². The van der Waals surface area contributed by atoms with Crippen LogP contribution in [0.1, 0.15) is 24.8 Å². The van der Waals surface area contributed by atoms with E-state index < -0.39 is 11.8 Å². The number of aliphatic carboxylic acids is 1. The molecule has 5 heteroatoms. The van der Waals surface area contributed by atoms with Gasteiger partial charge in [0.05, 0.1) is 12.3 Å². The summed E-state index contributed by atoms with van der Waals surface area (Å²) in [6.07, 6.45) is 1.69. The van der Waals surface area contributed by atoms with Crippen LogP contribution in [0.4, 0.5) is 4.39 Å². The van der Waals surface area contributed by atoms with Crippen LogP contribution in [0.3, 0.4) is 0 Å². The Morgan fingerprint density at radius 3 is 2.68 bits per heavy atom. The fourth-order valence-corrected chi connectivity index (χ4v) is 2.43. The van der Waals surface area contributed by atoms with Crippen LogP contribution in [0.15, 0.2) is 24.3 Å². The number of halogens is 1. The maximum atomic E-state index is 13.4. The van der Waals surface area contributed by atoms with Crippen LogP contribution >= 0.6 is 0 Å². The Balaban J connectivity index is 1.86. The van der Waals surface area contributed by atoms with Crippen LogP contribution in [-0.4, -0.2) is 23.0 Å². The summed E-state index contributed by atoms with van der Waals surface area (Å²) < 4.78 is 13.4. The van der Waals surface area contributed by atoms with E-state index in [4.69, 9.17) is 5.11 Å². The number of hydrogen-bond donors (Lipinski definition) is 2. The molecule has 2 N–H and O–H groups in total. The molecule has 0 aromatic heterocycles. The summed E-state index contributed by atoms with van der Waals surface area (Å²) in [5, 5.41) is 11.6. The molecule has 2 rings (SSSR count). The van der Waals surface area contributed by atoms with Gasteiger partial charge in [0.15, 0.2) is 0 Å². The molecule has 1 fully saturated rings. The van der Waals surface area contributed by atoms with Crippen LogP contribution < -0.4 is 5.32 Å². The molecule has 1 aliphatic carbocycles. The molecule has 0 radical (unpaired) electrons. The lowest BCUT2D eigenvalue weighted by Crippen LogP contribution is -2.34. The second kappa shape index (κ2) is 5.82. The molecule has 0 saturated heterocycles. The van der Waals surface area contributed by atoms with Crippen molar-refractivity contribution in [3.63, 3.8) is 0 Å². The normalized spacial score (nSPS) is 22.2. The first-order valence-corrected chi connectivity index (χ1v) is 6.32. The van der Waals surface area contributed by atoms with Crippen molar-refractivity contribution in [2.45, 2.75) is 31.7 Å². The van der Waals surface area contributed by atoms with Crippen molar-refractivity contribution in [2.24, 2.45) is 5.92 Å². The van der Waals surface area contributed by atoms with E-state index in [1.807, 2.05) is 0 Å². The maximum absolute atomic E-state index is 13.4. The Bertz CT molecular complexity index is 489. The van der Waals surface area contributed by atoms with Crippen molar-refractivity contribution < 1.29 is 19.1 Å². The molecule has 0 unspecified atom stereocenters. The van der Waals surface area contributed by atoms with E-state index in [0.717, 1.165) is 0 Å². The van der Waals surface area contributed by atoms with Crippen molar-refractivity contribution in [1.82, 2.24) is 5.32 Å². The molecule has 1 amide bonds. The van der Waals surface area contributed by atoms with Gasteiger partial charge in [0.1, 0.15) is 5.82 Å². The van der Waals surface area contributed by atoms with Crippen molar-refractivity contribution in [1.29, 1.82) is 0 Å². The predicted octanol–water partition coefficient (Wildman–Crippen LogP) is 1.74. The molecule has 0 heterocycles. The SMILES string of the molecule is O=C(Cc1ccccc1F)N[C@H]1CC[C@@H](C(=O)O)C1. The van der Waals surface area contributed by atoms with E-state index >= 15 is 0 Å². The maximum Gasteiger partial charge on any atom is 0.306 e. The van der Waals surface area contributed by atoms with Gasteiger partial charge in [0.2, 0.25) is 5.91 Å². The van der Waals surface area contributed by atoms with Gasteiger partial charge >= 0.3 is 5.97 Å². The largest absolute Gasteiger partial charge is 0.481 e. The third-order valence-electron chi connectivity index (χ3n) is 3.46. The Morgan fingerprint density at radius 2 is 2.05 bits per heavy atom. The zero-order chi connectivity index (χ0) is 13.8. The van der Waals surface area contributed by atoms with E-state index in [1.54, 1.807) is 18.2 Å². The van der Waals surface area contributed by atoms with Gasteiger partial charge in [-0.25, -0.2) is 4.39 Å². The zero-order valence-corrected chi connectivity index (χ0v) is 10.4. The lowest BCUT2D eigenvalue weighted by Gasteiger charge is -2.12. The summed E-state index contributed by atoms with van der Waals surface area (Å²) in [5.41, 5.74) is 0.354. The molecule has 1 aliphatic rings. The fraction of sp³-hybridized carbons (Fsp3) is 0.429. The average Bonchev–Trinajstić information content (AvgIpc) is 2.80. The van der Waals surface area contributed by atoms with Crippen LogP contribution in [0.25, 0.3) is 0 Å². The zero-order valence-electron chi connectivity index (χ0n) is 10.4. The van der Waals surface area contributed by atoms with Crippen LogP contribution in [-0.2, 0) is 16.0 Å². The summed E-state index contributed by atoms with van der Waals surface area (Å²) in [7, 11) is 0. The van der Waals surface area contributed by atoms with Gasteiger partial charge in [0.25, 0.3) is 0 Å². The number of nitrogens with one attached hydrogen (secondary N) is 1. The summed E-state index contributed by atoms with van der Waals surface area (Å²) >= 11 is 0. The molecular weight excluding hydrogens is 249 g/mol. The number of benzene rings is 1. The number of carboxylic acids is 1. The number of rotatable bonds is 4. The highest BCUT2D eigenvalue weighted by atomic mass is 19.1. The molecule has 4 nitrogen and oxygen atoms in total. The van der Waals surface area contributed by atoms with E-state index in [9.17, 15) is 14.0 Å². The average molecular weight is 265 g/mol. The molecule has 1 aromatic rings. The van der Waals surface area contributed by atoms with E-state index in [0.29, 0.717) is 24.8 Å². The van der Waals surface area contributed by atoms with Crippen molar-refractivity contribution in [3.05, 3.63) is 35.6 Å². The van der Waals surface area contributed by atoms with Crippen molar-refractivity contribution >= 4 is 11.9 Å². The number of amides is 1. The van der Waals surface area contributed by atoms with Gasteiger partial charge in [-0.3, -0.25) is 9.59 Å². The number of carbonyl (C=O) groups excluding carboxylic acids is 1. The molecular formula is C14H16FNO3. The third-order valence-corrected chi connectivity index (χ3v) is 3.46. The second-order valence-electron chi connectivity index (χ2n) is 4.88. The molecule has 1 saturated carbocycles. The molecule has 2 atom stereocenters. The van der Waals surface area contributed by atoms with Gasteiger partial charge in [0, 0.05) is 6.04 Å². The lowest BCUT2D eigenvalue weighted by molar-refractivity contribution is -0.141. The van der Waals surface area contributed by atoms with Crippen molar-refractivity contribution in [2.75, 3.05) is 0 Å². The highest BCUT2D eigenvalue weighted by Gasteiger charge is 2.30. The highest BCUT2D eigenvalue weighted by molar-refractivity contribution is 5.79. The minimum atomic E-state index is -0.814. The monoisotopic (exact) mass is 265 g/mol. The van der Waals surface area contributed by atoms with E-state index in [2.05, 4.69) is 5.32 Å². The quantitative estimate of drug-likeness (QED) is 0.871. The Morgan fingerprint density at radius 1 is 1.32 bits per heavy atom. The smallest absolute Gasteiger partial charge is 0.306 e. The highest BCUT2D eigenvalue weighted by Crippen LogP contribution is 2.25. The van der Waals surface area contributed by atoms with Gasteiger partial charge in [-0.15, -0.1) is 0 Å². The van der Waals surface area contributed by atoms with Gasteiger partial charge < -0.3 is 10.4 Å². The Hall–Kier alpha value is -1.91. The number of carboxylic acid groups (broad SMARTS) is 1. The second-order valence-corrected chi connectivity index (χ2v) is 4.88. The molecule has 102 valence electrons. The molecule has 0 spiro atoms. The first-order valence-electron chi connectivity index (χ1n) is 6.32. The van der Waals surface area contributed by atoms with Gasteiger partial charge in [-0.05, 0) is 30.9 Å². The summed E-state index contributed by atoms with van der Waals surface area (Å²) in [5.74, 6) is -1.85. The lowest BCUT2D eigenvalue weighted by atomic mass is 10.1. The minimum absolute atomic E-state index is 0.0130. The summed E-state index contributed by atoms with van der Waals surface area (Å²) in [4.78, 5) is 22.6.